The first-order chi connectivity index (χ1) is 15.3. The van der Waals surface area contributed by atoms with E-state index in [9.17, 15) is 18.0 Å². The molecule has 0 heterocycles. The van der Waals surface area contributed by atoms with Crippen LogP contribution in [0.2, 0.25) is 5.02 Å². The van der Waals surface area contributed by atoms with Gasteiger partial charge in [0, 0.05) is 17.6 Å². The Morgan fingerprint density at radius 3 is 2.41 bits per heavy atom. The number of benzene rings is 3. The van der Waals surface area contributed by atoms with Gasteiger partial charge in [0.25, 0.3) is 15.9 Å². The highest BCUT2D eigenvalue weighted by Crippen LogP contribution is 2.25. The van der Waals surface area contributed by atoms with Crippen molar-refractivity contribution in [2.24, 2.45) is 0 Å². The van der Waals surface area contributed by atoms with Crippen LogP contribution in [0.15, 0.2) is 83.8 Å². The number of anilines is 1. The molecule has 0 atom stereocenters. The highest BCUT2D eigenvalue weighted by Gasteiger charge is 2.23. The van der Waals surface area contributed by atoms with E-state index in [1.165, 1.54) is 37.4 Å². The molecule has 166 valence electrons. The van der Waals surface area contributed by atoms with E-state index in [0.717, 1.165) is 9.87 Å². The highest BCUT2D eigenvalue weighted by molar-refractivity contribution is 7.92. The topological polar surface area (TPSA) is 92.8 Å². The van der Waals surface area contributed by atoms with Crippen molar-refractivity contribution in [3.8, 4) is 0 Å². The molecular weight excluding hydrogens is 452 g/mol. The molecule has 3 aromatic carbocycles. The largest absolute Gasteiger partial charge is 0.460 e. The maximum Gasteiger partial charge on any atom is 0.325 e. The summed E-state index contributed by atoms with van der Waals surface area (Å²) in [5, 5.41) is 2.84. The van der Waals surface area contributed by atoms with E-state index in [1.807, 2.05) is 30.3 Å². The van der Waals surface area contributed by atoms with Gasteiger partial charge >= 0.3 is 5.97 Å². The fourth-order valence-corrected chi connectivity index (χ4v) is 4.23. The van der Waals surface area contributed by atoms with Gasteiger partial charge in [-0.25, -0.2) is 8.42 Å². The monoisotopic (exact) mass is 472 g/mol. The van der Waals surface area contributed by atoms with Gasteiger partial charge in [0.2, 0.25) is 0 Å². The molecule has 0 saturated carbocycles. The lowest BCUT2D eigenvalue weighted by Crippen LogP contribution is -2.31. The lowest BCUT2D eigenvalue weighted by atomic mass is 10.2. The van der Waals surface area contributed by atoms with Gasteiger partial charge in [0.15, 0.2) is 0 Å². The Balaban J connectivity index is 1.64. The molecule has 0 aliphatic heterocycles. The minimum absolute atomic E-state index is 0.0701. The van der Waals surface area contributed by atoms with Crippen molar-refractivity contribution < 1.29 is 22.7 Å². The summed E-state index contributed by atoms with van der Waals surface area (Å²) in [6, 6.07) is 21.1. The molecule has 3 aromatic rings. The van der Waals surface area contributed by atoms with Crippen molar-refractivity contribution >= 4 is 39.2 Å². The van der Waals surface area contributed by atoms with E-state index in [0.29, 0.717) is 10.7 Å². The molecule has 7 nitrogen and oxygen atoms in total. The van der Waals surface area contributed by atoms with Crippen molar-refractivity contribution in [2.75, 3.05) is 17.9 Å². The minimum Gasteiger partial charge on any atom is -0.460 e. The number of halogens is 1. The second kappa shape index (κ2) is 10.3. The Morgan fingerprint density at radius 1 is 0.969 bits per heavy atom. The van der Waals surface area contributed by atoms with Crippen LogP contribution in [0.25, 0.3) is 0 Å². The molecular formula is C23H21ClN2O5S. The van der Waals surface area contributed by atoms with Crippen molar-refractivity contribution in [3.05, 3.63) is 95.0 Å². The Kier molecular flexibility index (Phi) is 7.50. The van der Waals surface area contributed by atoms with E-state index in [4.69, 9.17) is 16.3 Å². The predicted molar refractivity (Wildman–Crippen MR) is 122 cm³/mol. The van der Waals surface area contributed by atoms with E-state index in [-0.39, 0.29) is 23.6 Å². The lowest BCUT2D eigenvalue weighted by molar-refractivity contribution is -0.143. The standard InChI is InChI=1S/C23H21ClN2O5S/c1-26(20-11-6-10-19(24)14-20)32(29,30)21-12-5-9-18(13-21)23(28)25-15-22(27)31-16-17-7-3-2-4-8-17/h2-14H,15-16H2,1H3,(H,25,28). The van der Waals surface area contributed by atoms with Gasteiger partial charge in [-0.3, -0.25) is 13.9 Å². The quantitative estimate of drug-likeness (QED) is 0.505. The average Bonchev–Trinajstić information content (AvgIpc) is 2.81. The first-order valence-corrected chi connectivity index (χ1v) is 11.4. The van der Waals surface area contributed by atoms with Crippen LogP contribution in [0.4, 0.5) is 5.69 Å². The van der Waals surface area contributed by atoms with E-state index >= 15 is 0 Å². The fraction of sp³-hybridized carbons (Fsp3) is 0.130. The van der Waals surface area contributed by atoms with Crippen LogP contribution >= 0.6 is 11.6 Å². The summed E-state index contributed by atoms with van der Waals surface area (Å²) in [5.74, 6) is -1.20. The van der Waals surface area contributed by atoms with Crippen LogP contribution in [0.1, 0.15) is 15.9 Å². The molecule has 0 unspecified atom stereocenters. The second-order valence-corrected chi connectivity index (χ2v) is 9.21. The predicted octanol–water partition coefficient (Wildman–Crippen LogP) is 3.64. The number of nitrogens with zero attached hydrogens (tertiary/aromatic N) is 1. The van der Waals surface area contributed by atoms with Crippen molar-refractivity contribution in [1.82, 2.24) is 5.32 Å². The molecule has 0 radical (unpaired) electrons. The third kappa shape index (κ3) is 5.87. The number of nitrogens with one attached hydrogen (secondary N) is 1. The van der Waals surface area contributed by atoms with E-state index in [2.05, 4.69) is 5.32 Å². The number of rotatable bonds is 8. The molecule has 0 fully saturated rings. The molecule has 0 saturated heterocycles. The number of hydrogen-bond acceptors (Lipinski definition) is 5. The molecule has 32 heavy (non-hydrogen) atoms. The van der Waals surface area contributed by atoms with E-state index in [1.54, 1.807) is 18.2 Å². The minimum atomic E-state index is -3.93. The zero-order valence-corrected chi connectivity index (χ0v) is 18.8. The number of amides is 1. The zero-order chi connectivity index (χ0) is 23.1. The Bertz CT molecular complexity index is 1220. The summed E-state index contributed by atoms with van der Waals surface area (Å²) in [4.78, 5) is 24.3. The summed E-state index contributed by atoms with van der Waals surface area (Å²) in [6.45, 7) is -0.246. The second-order valence-electron chi connectivity index (χ2n) is 6.81. The summed E-state index contributed by atoms with van der Waals surface area (Å²) >= 11 is 5.96. The van der Waals surface area contributed by atoms with Gasteiger partial charge in [-0.05, 0) is 42.0 Å². The van der Waals surface area contributed by atoms with E-state index < -0.39 is 21.9 Å². The van der Waals surface area contributed by atoms with Crippen molar-refractivity contribution in [3.63, 3.8) is 0 Å². The number of carbonyl (C=O) groups excluding carboxylic acids is 2. The molecule has 0 bridgehead atoms. The summed E-state index contributed by atoms with van der Waals surface area (Å²) in [7, 11) is -2.53. The third-order valence-corrected chi connectivity index (χ3v) is 6.58. The van der Waals surface area contributed by atoms with Crippen LogP contribution in [-0.2, 0) is 26.2 Å². The maximum absolute atomic E-state index is 13.0. The van der Waals surface area contributed by atoms with Crippen LogP contribution in [0.5, 0.6) is 0 Å². The van der Waals surface area contributed by atoms with Crippen LogP contribution in [0, 0.1) is 0 Å². The highest BCUT2D eigenvalue weighted by atomic mass is 35.5. The van der Waals surface area contributed by atoms with Gasteiger partial charge in [-0.2, -0.15) is 0 Å². The molecule has 1 N–H and O–H groups in total. The fourth-order valence-electron chi connectivity index (χ4n) is 2.81. The van der Waals surface area contributed by atoms with Crippen LogP contribution in [0.3, 0.4) is 0 Å². The number of ether oxygens (including phenoxy) is 1. The average molecular weight is 473 g/mol. The first-order valence-electron chi connectivity index (χ1n) is 9.59. The van der Waals surface area contributed by atoms with Crippen molar-refractivity contribution in [2.45, 2.75) is 11.5 Å². The smallest absolute Gasteiger partial charge is 0.325 e. The van der Waals surface area contributed by atoms with Gasteiger partial charge in [-0.1, -0.05) is 54.1 Å². The number of carbonyl (C=O) groups is 2. The number of sulfonamides is 1. The maximum atomic E-state index is 13.0. The van der Waals surface area contributed by atoms with Gasteiger partial charge in [-0.15, -0.1) is 0 Å². The van der Waals surface area contributed by atoms with Gasteiger partial charge in [0.05, 0.1) is 10.6 Å². The molecule has 1 amide bonds. The number of hydrogen-bond donors (Lipinski definition) is 1. The third-order valence-electron chi connectivity index (χ3n) is 4.56. The van der Waals surface area contributed by atoms with Gasteiger partial charge < -0.3 is 10.1 Å². The van der Waals surface area contributed by atoms with Gasteiger partial charge in [0.1, 0.15) is 13.2 Å². The normalized spacial score (nSPS) is 10.9. The molecule has 3 rings (SSSR count). The summed E-state index contributed by atoms with van der Waals surface area (Å²) in [5.41, 5.74) is 1.31. The Labute approximate surface area is 191 Å². The Hall–Kier alpha value is -3.36. The van der Waals surface area contributed by atoms with Crippen molar-refractivity contribution in [1.29, 1.82) is 0 Å². The molecule has 9 heteroatoms. The van der Waals surface area contributed by atoms with Crippen LogP contribution in [-0.4, -0.2) is 33.9 Å². The van der Waals surface area contributed by atoms with Crippen LogP contribution < -0.4 is 9.62 Å². The lowest BCUT2D eigenvalue weighted by Gasteiger charge is -2.20. The molecule has 0 aromatic heterocycles. The zero-order valence-electron chi connectivity index (χ0n) is 17.2. The first kappa shape index (κ1) is 23.3. The Morgan fingerprint density at radius 2 is 1.69 bits per heavy atom. The molecule has 0 aliphatic rings. The number of esters is 1. The SMILES string of the molecule is CN(c1cccc(Cl)c1)S(=O)(=O)c1cccc(C(=O)NCC(=O)OCc2ccccc2)c1. The molecule has 0 aliphatic carbocycles. The summed E-state index contributed by atoms with van der Waals surface area (Å²) in [6.07, 6.45) is 0. The molecule has 0 spiro atoms. The summed E-state index contributed by atoms with van der Waals surface area (Å²) < 4.78 is 32.2.